The van der Waals surface area contributed by atoms with E-state index in [4.69, 9.17) is 14.7 Å². The van der Waals surface area contributed by atoms with Crippen molar-refractivity contribution in [3.8, 4) is 17.6 Å². The van der Waals surface area contributed by atoms with Crippen LogP contribution in [-0.2, 0) is 6.42 Å². The summed E-state index contributed by atoms with van der Waals surface area (Å²) in [7, 11) is 1.70. The van der Waals surface area contributed by atoms with Crippen LogP contribution in [0.3, 0.4) is 0 Å². The van der Waals surface area contributed by atoms with Gasteiger partial charge in [-0.2, -0.15) is 5.26 Å². The number of hydrogen-bond acceptors (Lipinski definition) is 5. The van der Waals surface area contributed by atoms with Crippen molar-refractivity contribution in [2.24, 2.45) is 0 Å². The number of ether oxygens (including phenoxy) is 2. The predicted molar refractivity (Wildman–Crippen MR) is 106 cm³/mol. The lowest BCUT2D eigenvalue weighted by molar-refractivity contribution is 0.118. The van der Waals surface area contributed by atoms with Crippen LogP contribution in [0.5, 0.6) is 11.5 Å². The fourth-order valence-corrected chi connectivity index (χ4v) is 3.26. The maximum atomic E-state index is 8.93. The zero-order valence-electron chi connectivity index (χ0n) is 15.9. The molecule has 142 valence electrons. The van der Waals surface area contributed by atoms with Gasteiger partial charge in [0.25, 0.3) is 0 Å². The Kier molecular flexibility index (Phi) is 7.09. The van der Waals surface area contributed by atoms with E-state index in [0.29, 0.717) is 12.2 Å². The molecule has 0 aromatic heterocycles. The lowest BCUT2D eigenvalue weighted by Crippen LogP contribution is -2.47. The highest BCUT2D eigenvalue weighted by Gasteiger charge is 2.16. The maximum absolute atomic E-state index is 8.93. The van der Waals surface area contributed by atoms with Crippen LogP contribution in [0.1, 0.15) is 11.1 Å². The summed E-state index contributed by atoms with van der Waals surface area (Å²) in [5.74, 6) is 1.68. The van der Waals surface area contributed by atoms with Crippen molar-refractivity contribution < 1.29 is 9.47 Å². The molecule has 0 bridgehead atoms. The Morgan fingerprint density at radius 1 is 0.926 bits per heavy atom. The van der Waals surface area contributed by atoms with Crippen LogP contribution < -0.4 is 9.47 Å². The summed E-state index contributed by atoms with van der Waals surface area (Å²) in [5.41, 5.74) is 1.99. The summed E-state index contributed by atoms with van der Waals surface area (Å²) in [6, 6.07) is 17.8. The van der Waals surface area contributed by atoms with Gasteiger partial charge in [0.2, 0.25) is 0 Å². The third-order valence-electron chi connectivity index (χ3n) is 4.98. The minimum Gasteiger partial charge on any atom is -0.497 e. The first kappa shape index (κ1) is 19.2. The molecule has 0 N–H and O–H groups in total. The van der Waals surface area contributed by atoms with Crippen LogP contribution in [0.4, 0.5) is 0 Å². The Balaban J connectivity index is 1.33. The number of benzene rings is 2. The molecule has 3 rings (SSSR count). The SMILES string of the molecule is COc1ccc(CCN2CCN(CCOc3cccc(C#N)c3)CC2)cc1. The van der Waals surface area contributed by atoms with Gasteiger partial charge in [0, 0.05) is 39.3 Å². The van der Waals surface area contributed by atoms with E-state index >= 15 is 0 Å². The summed E-state index contributed by atoms with van der Waals surface area (Å²) in [5, 5.41) is 8.93. The Bertz CT molecular complexity index is 747. The van der Waals surface area contributed by atoms with Gasteiger partial charge in [0.05, 0.1) is 18.7 Å². The number of rotatable bonds is 8. The molecule has 0 unspecified atom stereocenters. The molecule has 1 aliphatic heterocycles. The monoisotopic (exact) mass is 365 g/mol. The van der Waals surface area contributed by atoms with Gasteiger partial charge in [0.1, 0.15) is 18.1 Å². The predicted octanol–water partition coefficient (Wildman–Crippen LogP) is 2.81. The molecule has 1 saturated heterocycles. The Morgan fingerprint density at radius 3 is 2.30 bits per heavy atom. The standard InChI is InChI=1S/C22H27N3O2/c1-26-21-7-5-19(6-8-21)9-10-24-11-13-25(14-12-24)15-16-27-22-4-2-3-20(17-22)18-23/h2-8,17H,9-16H2,1H3. The molecule has 1 fully saturated rings. The Labute approximate surface area is 161 Å². The van der Waals surface area contributed by atoms with E-state index in [1.807, 2.05) is 24.3 Å². The first-order valence-corrected chi connectivity index (χ1v) is 9.47. The van der Waals surface area contributed by atoms with Gasteiger partial charge in [-0.05, 0) is 42.3 Å². The molecule has 0 spiro atoms. The van der Waals surface area contributed by atoms with Gasteiger partial charge in [0.15, 0.2) is 0 Å². The van der Waals surface area contributed by atoms with Crippen LogP contribution in [0.25, 0.3) is 0 Å². The number of hydrogen-bond donors (Lipinski definition) is 0. The molecule has 2 aromatic carbocycles. The average Bonchev–Trinajstić information content (AvgIpc) is 2.74. The number of methoxy groups -OCH3 is 1. The van der Waals surface area contributed by atoms with Crippen LogP contribution in [0.2, 0.25) is 0 Å². The molecule has 0 aliphatic carbocycles. The molecule has 0 radical (unpaired) electrons. The van der Waals surface area contributed by atoms with Gasteiger partial charge in [-0.15, -0.1) is 0 Å². The second kappa shape index (κ2) is 9.96. The van der Waals surface area contributed by atoms with Crippen molar-refractivity contribution in [2.75, 3.05) is 53.0 Å². The quantitative estimate of drug-likeness (QED) is 0.720. The summed E-state index contributed by atoms with van der Waals surface area (Å²) >= 11 is 0. The maximum Gasteiger partial charge on any atom is 0.120 e. The molecule has 0 amide bonds. The van der Waals surface area contributed by atoms with Crippen molar-refractivity contribution in [2.45, 2.75) is 6.42 Å². The Hall–Kier alpha value is -2.55. The molecular formula is C22H27N3O2. The Morgan fingerprint density at radius 2 is 1.63 bits per heavy atom. The fraction of sp³-hybridized carbons (Fsp3) is 0.409. The van der Waals surface area contributed by atoms with E-state index in [-0.39, 0.29) is 0 Å². The molecule has 1 heterocycles. The highest BCUT2D eigenvalue weighted by atomic mass is 16.5. The third kappa shape index (κ3) is 5.99. The molecule has 5 nitrogen and oxygen atoms in total. The van der Waals surface area contributed by atoms with Crippen molar-refractivity contribution >= 4 is 0 Å². The summed E-state index contributed by atoms with van der Waals surface area (Å²) in [4.78, 5) is 4.97. The van der Waals surface area contributed by atoms with E-state index in [1.165, 1.54) is 5.56 Å². The highest BCUT2D eigenvalue weighted by molar-refractivity contribution is 5.36. The molecule has 1 aliphatic rings. The lowest BCUT2D eigenvalue weighted by atomic mass is 10.1. The van der Waals surface area contributed by atoms with Gasteiger partial charge in [-0.25, -0.2) is 0 Å². The number of nitrogens with zero attached hydrogens (tertiary/aromatic N) is 3. The van der Waals surface area contributed by atoms with Gasteiger partial charge >= 0.3 is 0 Å². The topological polar surface area (TPSA) is 48.7 Å². The van der Waals surface area contributed by atoms with E-state index in [1.54, 1.807) is 19.2 Å². The van der Waals surface area contributed by atoms with Crippen molar-refractivity contribution in [1.82, 2.24) is 9.80 Å². The van der Waals surface area contributed by atoms with Crippen molar-refractivity contribution in [3.63, 3.8) is 0 Å². The highest BCUT2D eigenvalue weighted by Crippen LogP contribution is 2.14. The molecule has 2 aromatic rings. The minimum absolute atomic E-state index is 0.637. The van der Waals surface area contributed by atoms with E-state index < -0.39 is 0 Å². The van der Waals surface area contributed by atoms with Gasteiger partial charge < -0.3 is 14.4 Å². The normalized spacial score (nSPS) is 15.3. The number of nitriles is 1. The first-order chi connectivity index (χ1) is 13.3. The second-order valence-corrected chi connectivity index (χ2v) is 6.77. The molecular weight excluding hydrogens is 338 g/mol. The number of piperazine rings is 1. The summed E-state index contributed by atoms with van der Waals surface area (Å²) < 4.78 is 11.0. The summed E-state index contributed by atoms with van der Waals surface area (Å²) in [6.07, 6.45) is 1.07. The molecule has 0 saturated carbocycles. The zero-order valence-corrected chi connectivity index (χ0v) is 15.9. The van der Waals surface area contributed by atoms with Gasteiger partial charge in [-0.1, -0.05) is 18.2 Å². The molecule has 27 heavy (non-hydrogen) atoms. The lowest BCUT2D eigenvalue weighted by Gasteiger charge is -2.34. The van der Waals surface area contributed by atoms with Crippen LogP contribution in [0, 0.1) is 11.3 Å². The second-order valence-electron chi connectivity index (χ2n) is 6.77. The fourth-order valence-electron chi connectivity index (χ4n) is 3.26. The average molecular weight is 365 g/mol. The zero-order chi connectivity index (χ0) is 18.9. The molecule has 0 atom stereocenters. The minimum atomic E-state index is 0.637. The third-order valence-corrected chi connectivity index (χ3v) is 4.98. The van der Waals surface area contributed by atoms with Gasteiger partial charge in [-0.3, -0.25) is 4.90 Å². The van der Waals surface area contributed by atoms with E-state index in [2.05, 4.69) is 28.0 Å². The van der Waals surface area contributed by atoms with E-state index in [0.717, 1.165) is 57.2 Å². The first-order valence-electron chi connectivity index (χ1n) is 9.47. The van der Waals surface area contributed by atoms with Crippen LogP contribution >= 0.6 is 0 Å². The van der Waals surface area contributed by atoms with Crippen LogP contribution in [0.15, 0.2) is 48.5 Å². The van der Waals surface area contributed by atoms with Crippen molar-refractivity contribution in [1.29, 1.82) is 5.26 Å². The van der Waals surface area contributed by atoms with E-state index in [9.17, 15) is 0 Å². The largest absolute Gasteiger partial charge is 0.497 e. The molecule has 5 heteroatoms. The van der Waals surface area contributed by atoms with Crippen LogP contribution in [-0.4, -0.2) is 62.8 Å². The summed E-state index contributed by atoms with van der Waals surface area (Å²) in [6.45, 7) is 7.01. The smallest absolute Gasteiger partial charge is 0.120 e. The van der Waals surface area contributed by atoms with Crippen molar-refractivity contribution in [3.05, 3.63) is 59.7 Å².